The van der Waals surface area contributed by atoms with Gasteiger partial charge in [-0.25, -0.2) is 0 Å². The Kier molecular flexibility index (Phi) is 4.97. The van der Waals surface area contributed by atoms with Crippen molar-refractivity contribution in [3.8, 4) is 0 Å². The Morgan fingerprint density at radius 2 is 0.519 bits per heavy atom. The van der Waals surface area contributed by atoms with E-state index in [4.69, 9.17) is 0 Å². The fraction of sp³-hybridized carbons (Fsp3) is 0.200. The molecule has 0 fully saturated rings. The summed E-state index contributed by atoms with van der Waals surface area (Å²) in [7, 11) is 0. The van der Waals surface area contributed by atoms with Gasteiger partial charge in [0.2, 0.25) is 0 Å². The molecule has 0 heterocycles. The van der Waals surface area contributed by atoms with Gasteiger partial charge in [0.25, 0.3) is 0 Å². The number of hydrogen-bond donors (Lipinski definition) is 0. The molecule has 0 saturated carbocycles. The first-order chi connectivity index (χ1) is 13.1. The Morgan fingerprint density at radius 3 is 0.741 bits per heavy atom. The molecule has 7 rings (SSSR count). The maximum Gasteiger partial charge on any atom is 0.141 e. The van der Waals surface area contributed by atoms with Crippen molar-refractivity contribution >= 4 is 11.6 Å². The smallest absolute Gasteiger partial charge is 0.141 e. The summed E-state index contributed by atoms with van der Waals surface area (Å²) in [6, 6.07) is 24.5. The zero-order chi connectivity index (χ0) is 18.6. The largest absolute Gasteiger partial charge is 0.299 e. The first-order valence-electron chi connectivity index (χ1n) is 9.41. The molecule has 0 saturated heterocycles. The molecule has 2 nitrogen and oxygen atoms in total. The van der Waals surface area contributed by atoms with E-state index in [9.17, 15) is 9.59 Å². The summed E-state index contributed by atoms with van der Waals surface area (Å²) in [5, 5.41) is 0. The quantitative estimate of drug-likeness (QED) is 0.603. The van der Waals surface area contributed by atoms with Crippen molar-refractivity contribution in [1.29, 1.82) is 0 Å². The van der Waals surface area contributed by atoms with Crippen molar-refractivity contribution < 1.29 is 9.59 Å². The second-order valence-electron chi connectivity index (χ2n) is 7.41. The molecule has 0 radical (unpaired) electrons. The molecule has 0 atom stereocenters. The van der Waals surface area contributed by atoms with Crippen LogP contribution in [0.15, 0.2) is 72.8 Å². The van der Waals surface area contributed by atoms with E-state index in [0.717, 1.165) is 28.7 Å². The van der Waals surface area contributed by atoms with Crippen LogP contribution in [0, 0.1) is 0 Å². The minimum absolute atomic E-state index is 0.208. The monoisotopic (exact) mass is 354 g/mol. The SMILES string of the molecule is O=C1Cc2ccc(cc2)CC(=O)Cc2ccc(cc2)Cc2ccc(cc2)C1. The van der Waals surface area contributed by atoms with Gasteiger partial charge < -0.3 is 0 Å². The van der Waals surface area contributed by atoms with E-state index in [0.29, 0.717) is 25.7 Å². The summed E-state index contributed by atoms with van der Waals surface area (Å²) >= 11 is 0. The van der Waals surface area contributed by atoms with Crippen molar-refractivity contribution in [2.75, 3.05) is 0 Å². The van der Waals surface area contributed by atoms with Gasteiger partial charge in [0, 0.05) is 25.7 Å². The normalized spacial score (nSPS) is 14.8. The summed E-state index contributed by atoms with van der Waals surface area (Å²) in [5.41, 5.74) is 6.56. The number of carbonyl (C=O) groups is 2. The number of rotatable bonds is 0. The molecule has 0 aromatic heterocycles. The topological polar surface area (TPSA) is 34.1 Å². The first-order valence-corrected chi connectivity index (χ1v) is 9.41. The fourth-order valence-corrected chi connectivity index (χ4v) is 3.60. The van der Waals surface area contributed by atoms with Crippen molar-refractivity contribution in [2.24, 2.45) is 0 Å². The molecule has 4 aliphatic carbocycles. The number of ketones is 2. The van der Waals surface area contributed by atoms with Crippen molar-refractivity contribution in [2.45, 2.75) is 32.1 Å². The summed E-state index contributed by atoms with van der Waals surface area (Å²) in [5.74, 6) is 0.416. The molecule has 0 N–H and O–H groups in total. The highest BCUT2D eigenvalue weighted by Crippen LogP contribution is 2.15. The molecule has 3 aromatic carbocycles. The maximum absolute atomic E-state index is 12.4. The van der Waals surface area contributed by atoms with Crippen LogP contribution in [0.25, 0.3) is 0 Å². The van der Waals surface area contributed by atoms with E-state index >= 15 is 0 Å². The van der Waals surface area contributed by atoms with Crippen LogP contribution in [-0.2, 0) is 41.7 Å². The van der Waals surface area contributed by atoms with Crippen LogP contribution in [0.1, 0.15) is 33.4 Å². The van der Waals surface area contributed by atoms with Crippen molar-refractivity contribution in [1.82, 2.24) is 0 Å². The van der Waals surface area contributed by atoms with Crippen LogP contribution in [-0.4, -0.2) is 11.6 Å². The van der Waals surface area contributed by atoms with Gasteiger partial charge in [0.15, 0.2) is 0 Å². The Labute approximate surface area is 159 Å². The van der Waals surface area contributed by atoms with Crippen LogP contribution in [0.5, 0.6) is 0 Å². The summed E-state index contributed by atoms with van der Waals surface area (Å²) < 4.78 is 0. The molecule has 0 spiro atoms. The van der Waals surface area contributed by atoms with E-state index in [1.165, 1.54) is 11.1 Å². The number of hydrogen-bond acceptors (Lipinski definition) is 2. The Balaban J connectivity index is 1.64. The molecule has 6 bridgehead atoms. The predicted octanol–water partition coefficient (Wildman–Crippen LogP) is 4.30. The molecule has 27 heavy (non-hydrogen) atoms. The molecule has 134 valence electrons. The van der Waals surface area contributed by atoms with Crippen LogP contribution in [0.3, 0.4) is 0 Å². The molecule has 0 unspecified atom stereocenters. The van der Waals surface area contributed by atoms with Gasteiger partial charge in [-0.15, -0.1) is 0 Å². The number of Topliss-reactive ketones (excluding diaryl/α,β-unsaturated/α-hetero) is 2. The zero-order valence-electron chi connectivity index (χ0n) is 15.3. The third-order valence-corrected chi connectivity index (χ3v) is 5.08. The molecule has 4 aliphatic rings. The van der Waals surface area contributed by atoms with Crippen molar-refractivity contribution in [3.05, 3.63) is 106 Å². The standard InChI is InChI=1S/C25H22O2/c26-24-14-20-5-1-18(2-6-20)13-19-3-7-21(8-4-19)15-25(27)17-23-11-9-22(16-24)10-12-23/h1-12H,13-17H2. The molecule has 3 aromatic rings. The Morgan fingerprint density at radius 1 is 0.333 bits per heavy atom. The van der Waals surface area contributed by atoms with Gasteiger partial charge in [0.1, 0.15) is 11.6 Å². The zero-order valence-corrected chi connectivity index (χ0v) is 15.3. The first kappa shape index (κ1) is 17.4. The van der Waals surface area contributed by atoms with Crippen molar-refractivity contribution in [3.63, 3.8) is 0 Å². The summed E-state index contributed by atoms with van der Waals surface area (Å²) in [6.07, 6.45) is 2.62. The lowest BCUT2D eigenvalue weighted by atomic mass is 9.99. The van der Waals surface area contributed by atoms with Gasteiger partial charge in [-0.2, -0.15) is 0 Å². The number of carbonyl (C=O) groups excluding carboxylic acids is 2. The van der Waals surface area contributed by atoms with E-state index in [-0.39, 0.29) is 11.6 Å². The highest BCUT2D eigenvalue weighted by Gasteiger charge is 2.09. The van der Waals surface area contributed by atoms with Gasteiger partial charge in [-0.3, -0.25) is 9.59 Å². The highest BCUT2D eigenvalue weighted by molar-refractivity contribution is 5.84. The minimum atomic E-state index is 0.208. The number of fused-ring (bicyclic) bond motifs is 3. The lowest BCUT2D eigenvalue weighted by molar-refractivity contribution is -0.118. The van der Waals surface area contributed by atoms with Gasteiger partial charge >= 0.3 is 0 Å². The van der Waals surface area contributed by atoms with Crippen LogP contribution >= 0.6 is 0 Å². The van der Waals surface area contributed by atoms with Crippen LogP contribution in [0.4, 0.5) is 0 Å². The van der Waals surface area contributed by atoms with Crippen LogP contribution in [0.2, 0.25) is 0 Å². The summed E-state index contributed by atoms with van der Waals surface area (Å²) in [6.45, 7) is 0. The van der Waals surface area contributed by atoms with Gasteiger partial charge in [-0.1, -0.05) is 72.8 Å². The fourth-order valence-electron chi connectivity index (χ4n) is 3.60. The minimum Gasteiger partial charge on any atom is -0.299 e. The molecular weight excluding hydrogens is 332 g/mol. The lowest BCUT2D eigenvalue weighted by Gasteiger charge is -2.06. The average molecular weight is 354 g/mol. The maximum atomic E-state index is 12.4. The predicted molar refractivity (Wildman–Crippen MR) is 107 cm³/mol. The summed E-state index contributed by atoms with van der Waals surface area (Å²) in [4.78, 5) is 24.8. The van der Waals surface area contributed by atoms with E-state index in [2.05, 4.69) is 48.5 Å². The second-order valence-corrected chi connectivity index (χ2v) is 7.41. The molecular formula is C25H22O2. The molecule has 2 heteroatoms. The number of benzene rings is 3. The Bertz CT molecular complexity index is 868. The average Bonchev–Trinajstić information content (AvgIpc) is 2.66. The van der Waals surface area contributed by atoms with E-state index < -0.39 is 0 Å². The molecule has 0 aliphatic heterocycles. The molecule has 0 amide bonds. The Hall–Kier alpha value is -3.00. The van der Waals surface area contributed by atoms with Crippen LogP contribution < -0.4 is 0 Å². The van der Waals surface area contributed by atoms with E-state index in [1.54, 1.807) is 0 Å². The third kappa shape index (κ3) is 4.59. The van der Waals surface area contributed by atoms with Gasteiger partial charge in [0.05, 0.1) is 0 Å². The van der Waals surface area contributed by atoms with Gasteiger partial charge in [-0.05, 0) is 39.8 Å². The third-order valence-electron chi connectivity index (χ3n) is 5.08. The second kappa shape index (κ2) is 7.71. The van der Waals surface area contributed by atoms with E-state index in [1.807, 2.05) is 24.3 Å². The highest BCUT2D eigenvalue weighted by atomic mass is 16.1. The lowest BCUT2D eigenvalue weighted by Crippen LogP contribution is -2.08.